The lowest BCUT2D eigenvalue weighted by atomic mass is 10.2. The third-order valence-corrected chi connectivity index (χ3v) is 5.97. The minimum absolute atomic E-state index is 0.0439. The highest BCUT2D eigenvalue weighted by molar-refractivity contribution is 7.91. The highest BCUT2D eigenvalue weighted by atomic mass is 32.2. The van der Waals surface area contributed by atoms with E-state index in [2.05, 4.69) is 18.7 Å². The molecule has 0 radical (unpaired) electrons. The van der Waals surface area contributed by atoms with Gasteiger partial charge in [-0.15, -0.1) is 0 Å². The van der Waals surface area contributed by atoms with Crippen molar-refractivity contribution in [2.45, 2.75) is 32.9 Å². The Bertz CT molecular complexity index is 619. The van der Waals surface area contributed by atoms with Crippen molar-refractivity contribution in [3.05, 3.63) is 23.7 Å². The number of amides is 1. The fraction of sp³-hybridized carbons (Fsp3) is 0.667. The number of nitrogens with zero attached hydrogens (tertiary/aromatic N) is 2. The van der Waals surface area contributed by atoms with Crippen molar-refractivity contribution in [2.75, 3.05) is 31.6 Å². The molecule has 7 heteroatoms. The van der Waals surface area contributed by atoms with Gasteiger partial charge < -0.3 is 9.32 Å². The van der Waals surface area contributed by atoms with Gasteiger partial charge in [-0.25, -0.2) is 8.42 Å². The fourth-order valence-electron chi connectivity index (χ4n) is 2.67. The molecule has 124 valence electrons. The third kappa shape index (κ3) is 3.89. The monoisotopic (exact) mass is 328 g/mol. The van der Waals surface area contributed by atoms with Crippen molar-refractivity contribution in [3.8, 4) is 0 Å². The van der Waals surface area contributed by atoms with Crippen LogP contribution >= 0.6 is 0 Å². The maximum Gasteiger partial charge on any atom is 0.289 e. The van der Waals surface area contributed by atoms with Crippen LogP contribution in [0.15, 0.2) is 16.5 Å². The molecule has 0 aromatic carbocycles. The second kappa shape index (κ2) is 6.83. The normalized spacial score (nSPS) is 20.5. The lowest BCUT2D eigenvalue weighted by molar-refractivity contribution is 0.0712. The van der Waals surface area contributed by atoms with Crippen LogP contribution in [0, 0.1) is 0 Å². The van der Waals surface area contributed by atoms with Gasteiger partial charge in [-0.2, -0.15) is 0 Å². The lowest BCUT2D eigenvalue weighted by Gasteiger charge is -2.22. The van der Waals surface area contributed by atoms with Crippen LogP contribution in [0.4, 0.5) is 0 Å². The molecule has 1 aromatic heterocycles. The number of carbonyl (C=O) groups excluding carboxylic acids is 1. The summed E-state index contributed by atoms with van der Waals surface area (Å²) in [5.74, 6) is 0.962. The van der Waals surface area contributed by atoms with E-state index in [1.54, 1.807) is 13.1 Å². The van der Waals surface area contributed by atoms with E-state index in [-0.39, 0.29) is 29.2 Å². The quantitative estimate of drug-likeness (QED) is 0.789. The molecule has 0 unspecified atom stereocenters. The molecule has 1 fully saturated rings. The number of carbonyl (C=O) groups is 1. The van der Waals surface area contributed by atoms with Crippen LogP contribution < -0.4 is 0 Å². The van der Waals surface area contributed by atoms with E-state index >= 15 is 0 Å². The number of rotatable bonds is 6. The zero-order valence-corrected chi connectivity index (χ0v) is 14.2. The van der Waals surface area contributed by atoms with Gasteiger partial charge in [0.15, 0.2) is 15.6 Å². The predicted octanol–water partition coefficient (Wildman–Crippen LogP) is 1.38. The van der Waals surface area contributed by atoms with Gasteiger partial charge in [0, 0.05) is 13.1 Å². The van der Waals surface area contributed by atoms with E-state index in [0.29, 0.717) is 13.0 Å². The molecule has 22 heavy (non-hydrogen) atoms. The summed E-state index contributed by atoms with van der Waals surface area (Å²) in [6.07, 6.45) is 0.498. The van der Waals surface area contributed by atoms with Crippen molar-refractivity contribution in [1.29, 1.82) is 0 Å². The second-order valence-corrected chi connectivity index (χ2v) is 7.93. The van der Waals surface area contributed by atoms with E-state index in [1.165, 1.54) is 4.90 Å². The SMILES string of the molecule is CCN(CC)Cc1ccc(C(=O)N(C)[C@H]2CCS(=O)(=O)C2)o1. The van der Waals surface area contributed by atoms with Crippen LogP contribution in [0.3, 0.4) is 0 Å². The molecule has 1 amide bonds. The van der Waals surface area contributed by atoms with Gasteiger partial charge in [-0.3, -0.25) is 9.69 Å². The average molecular weight is 328 g/mol. The second-order valence-electron chi connectivity index (χ2n) is 5.70. The number of sulfone groups is 1. The van der Waals surface area contributed by atoms with Gasteiger partial charge in [0.1, 0.15) is 5.76 Å². The number of hydrogen-bond donors (Lipinski definition) is 0. The Morgan fingerprint density at radius 1 is 1.32 bits per heavy atom. The summed E-state index contributed by atoms with van der Waals surface area (Å²) >= 11 is 0. The Balaban J connectivity index is 2.02. The average Bonchev–Trinajstić information content (AvgIpc) is 3.09. The highest BCUT2D eigenvalue weighted by Crippen LogP contribution is 2.20. The molecule has 0 saturated carbocycles. The van der Waals surface area contributed by atoms with Gasteiger partial charge in [-0.05, 0) is 31.6 Å². The topological polar surface area (TPSA) is 70.8 Å². The van der Waals surface area contributed by atoms with Gasteiger partial charge in [-0.1, -0.05) is 13.8 Å². The Morgan fingerprint density at radius 2 is 2.00 bits per heavy atom. The molecule has 1 atom stereocenters. The first kappa shape index (κ1) is 17.0. The molecule has 0 spiro atoms. The Hall–Kier alpha value is -1.34. The van der Waals surface area contributed by atoms with Crippen molar-refractivity contribution in [2.24, 2.45) is 0 Å². The van der Waals surface area contributed by atoms with Gasteiger partial charge in [0.25, 0.3) is 5.91 Å². The lowest BCUT2D eigenvalue weighted by Crippen LogP contribution is -2.37. The zero-order valence-electron chi connectivity index (χ0n) is 13.4. The maximum absolute atomic E-state index is 12.4. The first-order valence-corrected chi connectivity index (χ1v) is 9.47. The molecular formula is C15H24N2O4S. The van der Waals surface area contributed by atoms with E-state index in [0.717, 1.165) is 18.8 Å². The molecule has 1 saturated heterocycles. The first-order valence-electron chi connectivity index (χ1n) is 7.65. The summed E-state index contributed by atoms with van der Waals surface area (Å²) in [4.78, 5) is 16.1. The molecule has 1 aromatic rings. The molecule has 2 heterocycles. The zero-order chi connectivity index (χ0) is 16.3. The maximum atomic E-state index is 12.4. The van der Waals surface area contributed by atoms with Crippen molar-refractivity contribution in [1.82, 2.24) is 9.80 Å². The van der Waals surface area contributed by atoms with Crippen LogP contribution in [-0.4, -0.2) is 61.8 Å². The minimum atomic E-state index is -3.00. The Morgan fingerprint density at radius 3 is 2.55 bits per heavy atom. The first-order chi connectivity index (χ1) is 10.4. The van der Waals surface area contributed by atoms with Crippen molar-refractivity contribution >= 4 is 15.7 Å². The van der Waals surface area contributed by atoms with Crippen molar-refractivity contribution in [3.63, 3.8) is 0 Å². The van der Waals surface area contributed by atoms with Crippen LogP contribution in [0.25, 0.3) is 0 Å². The molecule has 1 aliphatic heterocycles. The van der Waals surface area contributed by atoms with E-state index in [1.807, 2.05) is 6.07 Å². The summed E-state index contributed by atoms with van der Waals surface area (Å²) in [6.45, 7) is 6.65. The van der Waals surface area contributed by atoms with E-state index < -0.39 is 9.84 Å². The number of furan rings is 1. The molecule has 6 nitrogen and oxygen atoms in total. The Kier molecular flexibility index (Phi) is 5.28. The summed E-state index contributed by atoms with van der Waals surface area (Å²) in [5, 5.41) is 0. The standard InChI is InChI=1S/C15H24N2O4S/c1-4-17(5-2)10-13-6-7-14(21-13)15(18)16(3)12-8-9-22(19,20)11-12/h6-7,12H,4-5,8-11H2,1-3H3/t12-/m0/s1. The van der Waals surface area contributed by atoms with Crippen LogP contribution in [0.1, 0.15) is 36.6 Å². The largest absolute Gasteiger partial charge is 0.455 e. The molecular weight excluding hydrogens is 304 g/mol. The summed E-state index contributed by atoms with van der Waals surface area (Å²) in [6, 6.07) is 3.22. The molecule has 0 bridgehead atoms. The Labute approximate surface area is 132 Å². The van der Waals surface area contributed by atoms with Crippen LogP contribution in [0.2, 0.25) is 0 Å². The molecule has 1 aliphatic rings. The molecule has 0 N–H and O–H groups in total. The van der Waals surface area contributed by atoms with Gasteiger partial charge in [0.05, 0.1) is 18.1 Å². The highest BCUT2D eigenvalue weighted by Gasteiger charge is 2.33. The molecule has 0 aliphatic carbocycles. The van der Waals surface area contributed by atoms with Crippen LogP contribution in [-0.2, 0) is 16.4 Å². The molecule has 2 rings (SSSR count). The van der Waals surface area contributed by atoms with E-state index in [9.17, 15) is 13.2 Å². The van der Waals surface area contributed by atoms with E-state index in [4.69, 9.17) is 4.42 Å². The summed E-state index contributed by atoms with van der Waals surface area (Å²) in [7, 11) is -1.37. The van der Waals surface area contributed by atoms with Crippen molar-refractivity contribution < 1.29 is 17.6 Å². The van der Waals surface area contributed by atoms with Gasteiger partial charge in [0.2, 0.25) is 0 Å². The summed E-state index contributed by atoms with van der Waals surface area (Å²) < 4.78 is 28.7. The summed E-state index contributed by atoms with van der Waals surface area (Å²) in [5.41, 5.74) is 0. The smallest absolute Gasteiger partial charge is 0.289 e. The predicted molar refractivity (Wildman–Crippen MR) is 84.5 cm³/mol. The number of hydrogen-bond acceptors (Lipinski definition) is 5. The van der Waals surface area contributed by atoms with Gasteiger partial charge >= 0.3 is 0 Å². The minimum Gasteiger partial charge on any atom is -0.455 e. The third-order valence-electron chi connectivity index (χ3n) is 4.22. The fourth-order valence-corrected chi connectivity index (χ4v) is 4.44. The van der Waals surface area contributed by atoms with Crippen LogP contribution in [0.5, 0.6) is 0 Å².